The highest BCUT2D eigenvalue weighted by atomic mass is 16.2. The molecule has 0 radical (unpaired) electrons. The van der Waals surface area contributed by atoms with E-state index in [0.717, 1.165) is 30.9 Å². The number of amides is 1. The Morgan fingerprint density at radius 1 is 1.15 bits per heavy atom. The number of hydrogen-bond acceptors (Lipinski definition) is 2. The molecule has 1 aromatic heterocycles. The van der Waals surface area contributed by atoms with E-state index >= 15 is 0 Å². The van der Waals surface area contributed by atoms with E-state index < -0.39 is 0 Å². The minimum Gasteiger partial charge on any atom is -0.337 e. The Balaban J connectivity index is 1.77. The quantitative estimate of drug-likeness (QED) is 0.857. The van der Waals surface area contributed by atoms with Gasteiger partial charge in [-0.15, -0.1) is 0 Å². The van der Waals surface area contributed by atoms with Crippen molar-refractivity contribution < 1.29 is 4.79 Å². The van der Waals surface area contributed by atoms with Crippen LogP contribution < -0.4 is 0 Å². The third-order valence-corrected chi connectivity index (χ3v) is 4.09. The van der Waals surface area contributed by atoms with E-state index in [9.17, 15) is 4.79 Å². The maximum absolute atomic E-state index is 12.5. The van der Waals surface area contributed by atoms with Crippen molar-refractivity contribution in [2.45, 2.75) is 25.2 Å². The van der Waals surface area contributed by atoms with Crippen LogP contribution in [0.1, 0.15) is 41.4 Å². The van der Waals surface area contributed by atoms with Crippen molar-refractivity contribution in [2.75, 3.05) is 13.1 Å². The molecule has 2 aromatic rings. The predicted molar refractivity (Wildman–Crippen MR) is 76.1 cm³/mol. The first-order valence-electron chi connectivity index (χ1n) is 7.27. The number of carbonyl (C=O) groups is 1. The van der Waals surface area contributed by atoms with Gasteiger partial charge in [0.2, 0.25) is 0 Å². The zero-order valence-electron chi connectivity index (χ0n) is 11.3. The number of rotatable bonds is 3. The van der Waals surface area contributed by atoms with E-state index in [1.807, 2.05) is 46.0 Å². The van der Waals surface area contributed by atoms with Gasteiger partial charge in [-0.25, -0.2) is 4.68 Å². The van der Waals surface area contributed by atoms with E-state index in [4.69, 9.17) is 0 Å². The van der Waals surface area contributed by atoms with Crippen LogP contribution in [-0.2, 0) is 0 Å². The van der Waals surface area contributed by atoms with Gasteiger partial charge < -0.3 is 4.90 Å². The highest BCUT2D eigenvalue weighted by Gasteiger charge is 2.31. The largest absolute Gasteiger partial charge is 0.337 e. The lowest BCUT2D eigenvalue weighted by atomic mass is 10.2. The Morgan fingerprint density at radius 3 is 2.50 bits per heavy atom. The molecule has 1 saturated carbocycles. The molecule has 0 bridgehead atoms. The van der Waals surface area contributed by atoms with Gasteiger partial charge in [-0.3, -0.25) is 4.79 Å². The summed E-state index contributed by atoms with van der Waals surface area (Å²) in [5, 5.41) is 4.67. The van der Waals surface area contributed by atoms with Gasteiger partial charge in [-0.2, -0.15) is 5.10 Å². The fraction of sp³-hybridized carbons (Fsp3) is 0.375. The fourth-order valence-electron chi connectivity index (χ4n) is 2.58. The monoisotopic (exact) mass is 267 g/mol. The van der Waals surface area contributed by atoms with Crippen molar-refractivity contribution in [1.82, 2.24) is 14.7 Å². The molecule has 0 spiro atoms. The molecule has 102 valence electrons. The summed E-state index contributed by atoms with van der Waals surface area (Å²) in [4.78, 5) is 14.4. The Kier molecular flexibility index (Phi) is 2.62. The fourth-order valence-corrected chi connectivity index (χ4v) is 2.58. The second-order valence-corrected chi connectivity index (χ2v) is 5.62. The second kappa shape index (κ2) is 4.47. The molecule has 2 heterocycles. The van der Waals surface area contributed by atoms with Gasteiger partial charge in [-0.05, 0) is 37.5 Å². The van der Waals surface area contributed by atoms with Crippen molar-refractivity contribution in [2.24, 2.45) is 0 Å². The van der Waals surface area contributed by atoms with E-state index in [0.29, 0.717) is 11.6 Å². The van der Waals surface area contributed by atoms with Crippen LogP contribution in [-0.4, -0.2) is 33.7 Å². The van der Waals surface area contributed by atoms with Crippen molar-refractivity contribution in [3.63, 3.8) is 0 Å². The molecular formula is C16H17N3O. The summed E-state index contributed by atoms with van der Waals surface area (Å²) in [5.74, 6) is 0.669. The molecule has 4 nitrogen and oxygen atoms in total. The molecule has 1 aliphatic heterocycles. The molecule has 20 heavy (non-hydrogen) atoms. The van der Waals surface area contributed by atoms with Gasteiger partial charge in [0.15, 0.2) is 0 Å². The van der Waals surface area contributed by atoms with Gasteiger partial charge in [0.1, 0.15) is 5.69 Å². The van der Waals surface area contributed by atoms with E-state index in [2.05, 4.69) is 5.10 Å². The van der Waals surface area contributed by atoms with Crippen LogP contribution in [0.5, 0.6) is 0 Å². The Morgan fingerprint density at radius 2 is 1.90 bits per heavy atom. The van der Waals surface area contributed by atoms with Crippen LogP contribution in [0.25, 0.3) is 5.69 Å². The number of carbonyl (C=O) groups excluding carboxylic acids is 1. The van der Waals surface area contributed by atoms with Crippen LogP contribution in [0, 0.1) is 0 Å². The highest BCUT2D eigenvalue weighted by molar-refractivity contribution is 5.93. The molecular weight excluding hydrogens is 250 g/mol. The SMILES string of the molecule is O=C(c1cc(C2CC2)nn1-c1ccccc1)N1CCC1. The third-order valence-electron chi connectivity index (χ3n) is 4.09. The molecule has 1 aliphatic carbocycles. The Hall–Kier alpha value is -2.10. The summed E-state index contributed by atoms with van der Waals surface area (Å²) in [6.07, 6.45) is 3.51. The first-order valence-corrected chi connectivity index (χ1v) is 7.27. The molecule has 1 aromatic carbocycles. The van der Waals surface area contributed by atoms with E-state index in [-0.39, 0.29) is 5.91 Å². The van der Waals surface area contributed by atoms with Crippen molar-refractivity contribution in [3.8, 4) is 5.69 Å². The van der Waals surface area contributed by atoms with Crippen LogP contribution in [0.15, 0.2) is 36.4 Å². The molecule has 0 unspecified atom stereocenters. The molecule has 4 heteroatoms. The molecule has 2 fully saturated rings. The molecule has 1 amide bonds. The van der Waals surface area contributed by atoms with Crippen LogP contribution in [0.3, 0.4) is 0 Å². The Bertz CT molecular complexity index is 639. The zero-order valence-corrected chi connectivity index (χ0v) is 11.3. The van der Waals surface area contributed by atoms with E-state index in [1.54, 1.807) is 0 Å². The number of nitrogens with zero attached hydrogens (tertiary/aromatic N) is 3. The number of para-hydroxylation sites is 1. The standard InChI is InChI=1S/C16H17N3O/c20-16(18-9-4-10-18)15-11-14(12-7-8-12)17-19(15)13-5-2-1-3-6-13/h1-3,5-6,11-12H,4,7-10H2. The number of likely N-dealkylation sites (tertiary alicyclic amines) is 1. The third kappa shape index (κ3) is 1.92. The van der Waals surface area contributed by atoms with Gasteiger partial charge in [-0.1, -0.05) is 18.2 Å². The topological polar surface area (TPSA) is 38.1 Å². The maximum Gasteiger partial charge on any atom is 0.272 e. The molecule has 0 N–H and O–H groups in total. The zero-order chi connectivity index (χ0) is 13.5. The van der Waals surface area contributed by atoms with Crippen LogP contribution in [0.4, 0.5) is 0 Å². The summed E-state index contributed by atoms with van der Waals surface area (Å²) < 4.78 is 1.81. The van der Waals surface area contributed by atoms with Gasteiger partial charge >= 0.3 is 0 Å². The molecule has 1 saturated heterocycles. The molecule has 0 atom stereocenters. The summed E-state index contributed by atoms with van der Waals surface area (Å²) in [7, 11) is 0. The Labute approximate surface area is 118 Å². The lowest BCUT2D eigenvalue weighted by molar-refractivity contribution is 0.0642. The number of hydrogen-bond donors (Lipinski definition) is 0. The minimum atomic E-state index is 0.111. The van der Waals surface area contributed by atoms with Gasteiger partial charge in [0, 0.05) is 19.0 Å². The van der Waals surface area contributed by atoms with Crippen LogP contribution in [0.2, 0.25) is 0 Å². The predicted octanol–water partition coefficient (Wildman–Crippen LogP) is 2.60. The smallest absolute Gasteiger partial charge is 0.272 e. The highest BCUT2D eigenvalue weighted by Crippen LogP contribution is 2.40. The lowest BCUT2D eigenvalue weighted by Crippen LogP contribution is -2.42. The van der Waals surface area contributed by atoms with Crippen molar-refractivity contribution in [3.05, 3.63) is 47.8 Å². The first-order chi connectivity index (χ1) is 9.83. The number of aromatic nitrogens is 2. The summed E-state index contributed by atoms with van der Waals surface area (Å²) in [5.41, 5.74) is 2.74. The molecule has 2 aliphatic rings. The number of benzene rings is 1. The van der Waals surface area contributed by atoms with E-state index in [1.165, 1.54) is 12.8 Å². The summed E-state index contributed by atoms with van der Waals surface area (Å²) in [6, 6.07) is 11.9. The summed E-state index contributed by atoms with van der Waals surface area (Å²) in [6.45, 7) is 1.75. The first kappa shape index (κ1) is 11.7. The normalized spacial score (nSPS) is 17.9. The average Bonchev–Trinajstić information content (AvgIpc) is 3.17. The van der Waals surface area contributed by atoms with Crippen molar-refractivity contribution >= 4 is 5.91 Å². The van der Waals surface area contributed by atoms with Crippen molar-refractivity contribution in [1.29, 1.82) is 0 Å². The van der Waals surface area contributed by atoms with Gasteiger partial charge in [0.05, 0.1) is 11.4 Å². The van der Waals surface area contributed by atoms with Crippen LogP contribution >= 0.6 is 0 Å². The summed E-state index contributed by atoms with van der Waals surface area (Å²) >= 11 is 0. The molecule has 4 rings (SSSR count). The minimum absolute atomic E-state index is 0.111. The maximum atomic E-state index is 12.5. The lowest BCUT2D eigenvalue weighted by Gasteiger charge is -2.30. The second-order valence-electron chi connectivity index (χ2n) is 5.62. The van der Waals surface area contributed by atoms with Gasteiger partial charge in [0.25, 0.3) is 5.91 Å². The average molecular weight is 267 g/mol.